The van der Waals surface area contributed by atoms with Gasteiger partial charge in [0.1, 0.15) is 5.76 Å². The molecule has 0 saturated carbocycles. The second-order valence-corrected chi connectivity index (χ2v) is 6.26. The number of unbranched alkanes of at least 4 members (excludes halogenated alkanes) is 1. The van der Waals surface area contributed by atoms with E-state index in [0.717, 1.165) is 19.4 Å². The Bertz CT molecular complexity index is 526. The molecule has 0 aliphatic carbocycles. The molecule has 0 aliphatic heterocycles. The second-order valence-electron chi connectivity index (χ2n) is 6.26. The highest BCUT2D eigenvalue weighted by Crippen LogP contribution is 2.12. The lowest BCUT2D eigenvalue weighted by atomic mass is 10.0. The minimum absolute atomic E-state index is 0.0445. The number of rotatable bonds is 14. The van der Waals surface area contributed by atoms with Crippen molar-refractivity contribution < 1.29 is 18.7 Å². The highest BCUT2D eigenvalue weighted by atomic mass is 16.5. The summed E-state index contributed by atoms with van der Waals surface area (Å²) in [4.78, 5) is 23.3. The number of nitrogens with one attached hydrogen (secondary N) is 2. The van der Waals surface area contributed by atoms with Gasteiger partial charge in [-0.1, -0.05) is 33.1 Å². The van der Waals surface area contributed by atoms with Gasteiger partial charge in [0.2, 0.25) is 11.8 Å². The highest BCUT2D eigenvalue weighted by molar-refractivity contribution is 5.93. The van der Waals surface area contributed by atoms with Crippen molar-refractivity contribution in [2.24, 2.45) is 5.92 Å². The van der Waals surface area contributed by atoms with Gasteiger partial charge >= 0.3 is 0 Å². The second kappa shape index (κ2) is 14.1. The van der Waals surface area contributed by atoms with Crippen molar-refractivity contribution in [3.05, 3.63) is 30.2 Å². The molecule has 1 aromatic heterocycles. The van der Waals surface area contributed by atoms with Crippen LogP contribution in [0.4, 0.5) is 0 Å². The van der Waals surface area contributed by atoms with Crippen molar-refractivity contribution in [1.29, 1.82) is 0 Å². The monoisotopic (exact) mass is 364 g/mol. The summed E-state index contributed by atoms with van der Waals surface area (Å²) in [5, 5.41) is 5.30. The third-order valence-corrected chi connectivity index (χ3v) is 4.05. The SMILES string of the molecule is CCCCC(CC)COCCCNC(=O)CNC(=O)C=Cc1ccco1. The number of carbonyl (C=O) groups is 2. The fourth-order valence-electron chi connectivity index (χ4n) is 2.38. The summed E-state index contributed by atoms with van der Waals surface area (Å²) in [6.07, 6.45) is 10.0. The Labute approximate surface area is 156 Å². The quantitative estimate of drug-likeness (QED) is 0.392. The van der Waals surface area contributed by atoms with Crippen molar-refractivity contribution in [2.45, 2.75) is 46.0 Å². The zero-order valence-corrected chi connectivity index (χ0v) is 16.0. The first-order valence-corrected chi connectivity index (χ1v) is 9.49. The lowest BCUT2D eigenvalue weighted by molar-refractivity contribution is -0.123. The first-order chi connectivity index (χ1) is 12.7. The Hall–Kier alpha value is -2.08. The lowest BCUT2D eigenvalue weighted by Gasteiger charge is -2.14. The lowest BCUT2D eigenvalue weighted by Crippen LogP contribution is -2.36. The average Bonchev–Trinajstić information content (AvgIpc) is 3.17. The van der Waals surface area contributed by atoms with E-state index in [1.54, 1.807) is 18.2 Å². The molecular weight excluding hydrogens is 332 g/mol. The summed E-state index contributed by atoms with van der Waals surface area (Å²) in [6.45, 7) is 6.33. The molecule has 2 N–H and O–H groups in total. The van der Waals surface area contributed by atoms with Crippen LogP contribution in [0.25, 0.3) is 6.08 Å². The zero-order chi connectivity index (χ0) is 19.0. The van der Waals surface area contributed by atoms with Gasteiger partial charge in [0.25, 0.3) is 0 Å². The van der Waals surface area contributed by atoms with Crippen LogP contribution in [-0.2, 0) is 14.3 Å². The molecule has 0 saturated heterocycles. The largest absolute Gasteiger partial charge is 0.465 e. The summed E-state index contributed by atoms with van der Waals surface area (Å²) in [5.74, 6) is 0.676. The van der Waals surface area contributed by atoms with E-state index < -0.39 is 0 Å². The minimum Gasteiger partial charge on any atom is -0.465 e. The third-order valence-electron chi connectivity index (χ3n) is 4.05. The molecule has 0 aliphatic rings. The molecule has 1 unspecified atom stereocenters. The van der Waals surface area contributed by atoms with E-state index in [1.165, 1.54) is 31.6 Å². The molecule has 6 nitrogen and oxygen atoms in total. The summed E-state index contributed by atoms with van der Waals surface area (Å²) < 4.78 is 10.8. The molecule has 1 heterocycles. The summed E-state index contributed by atoms with van der Waals surface area (Å²) in [7, 11) is 0. The summed E-state index contributed by atoms with van der Waals surface area (Å²) in [6, 6.07) is 3.48. The van der Waals surface area contributed by atoms with Crippen LogP contribution in [0.3, 0.4) is 0 Å². The molecular formula is C20H32N2O4. The fraction of sp³-hybridized carbons (Fsp3) is 0.600. The van der Waals surface area contributed by atoms with Gasteiger partial charge in [-0.25, -0.2) is 0 Å². The maximum absolute atomic E-state index is 11.7. The van der Waals surface area contributed by atoms with Gasteiger partial charge in [-0.15, -0.1) is 0 Å². The van der Waals surface area contributed by atoms with E-state index in [4.69, 9.17) is 9.15 Å². The number of hydrogen-bond acceptors (Lipinski definition) is 4. The average molecular weight is 364 g/mol. The molecule has 2 amide bonds. The molecule has 0 bridgehead atoms. The number of carbonyl (C=O) groups excluding carboxylic acids is 2. The Kier molecular flexibility index (Phi) is 11.9. The van der Waals surface area contributed by atoms with Crippen LogP contribution in [0.15, 0.2) is 28.9 Å². The van der Waals surface area contributed by atoms with E-state index in [2.05, 4.69) is 24.5 Å². The predicted molar refractivity (Wildman–Crippen MR) is 103 cm³/mol. The molecule has 0 spiro atoms. The molecule has 0 fully saturated rings. The predicted octanol–water partition coefficient (Wildman–Crippen LogP) is 3.15. The molecule has 26 heavy (non-hydrogen) atoms. The van der Waals surface area contributed by atoms with Crippen LogP contribution in [0.2, 0.25) is 0 Å². The van der Waals surface area contributed by atoms with Crippen molar-refractivity contribution in [3.8, 4) is 0 Å². The Morgan fingerprint density at radius 2 is 2.12 bits per heavy atom. The first kappa shape index (κ1) is 22.0. The van der Waals surface area contributed by atoms with Gasteiger partial charge in [0.05, 0.1) is 12.8 Å². The Morgan fingerprint density at radius 1 is 1.27 bits per heavy atom. The Morgan fingerprint density at radius 3 is 2.81 bits per heavy atom. The standard InChI is InChI=1S/C20H32N2O4/c1-3-5-8-17(4-2)16-25-13-7-12-21-20(24)15-22-19(23)11-10-18-9-6-14-26-18/h6,9-11,14,17H,3-5,7-8,12-13,15-16H2,1-2H3,(H,21,24)(H,22,23). The van der Waals surface area contributed by atoms with Crippen molar-refractivity contribution >= 4 is 17.9 Å². The van der Waals surface area contributed by atoms with Crippen LogP contribution in [-0.4, -0.2) is 38.1 Å². The van der Waals surface area contributed by atoms with E-state index in [9.17, 15) is 9.59 Å². The summed E-state index contributed by atoms with van der Waals surface area (Å²) >= 11 is 0. The van der Waals surface area contributed by atoms with E-state index in [-0.39, 0.29) is 18.4 Å². The smallest absolute Gasteiger partial charge is 0.244 e. The van der Waals surface area contributed by atoms with Gasteiger partial charge in [-0.05, 0) is 37.0 Å². The fourth-order valence-corrected chi connectivity index (χ4v) is 2.38. The van der Waals surface area contributed by atoms with Crippen molar-refractivity contribution in [3.63, 3.8) is 0 Å². The molecule has 1 atom stereocenters. The number of furan rings is 1. The molecule has 0 radical (unpaired) electrons. The van der Waals surface area contributed by atoms with E-state index >= 15 is 0 Å². The van der Waals surface area contributed by atoms with Crippen LogP contribution in [0.1, 0.15) is 51.7 Å². The van der Waals surface area contributed by atoms with Gasteiger partial charge < -0.3 is 19.8 Å². The molecule has 0 aromatic carbocycles. The maximum Gasteiger partial charge on any atom is 0.244 e. The zero-order valence-electron chi connectivity index (χ0n) is 16.0. The molecule has 1 rings (SSSR count). The van der Waals surface area contributed by atoms with Crippen LogP contribution < -0.4 is 10.6 Å². The highest BCUT2D eigenvalue weighted by Gasteiger charge is 2.06. The molecule has 6 heteroatoms. The molecule has 1 aromatic rings. The van der Waals surface area contributed by atoms with Crippen LogP contribution in [0, 0.1) is 5.92 Å². The first-order valence-electron chi connectivity index (χ1n) is 9.49. The molecule has 146 valence electrons. The number of ether oxygens (including phenoxy) is 1. The van der Waals surface area contributed by atoms with Gasteiger partial charge in [0.15, 0.2) is 0 Å². The summed E-state index contributed by atoms with van der Waals surface area (Å²) in [5.41, 5.74) is 0. The van der Waals surface area contributed by atoms with E-state index in [0.29, 0.717) is 24.8 Å². The third kappa shape index (κ3) is 10.7. The van der Waals surface area contributed by atoms with Crippen LogP contribution in [0.5, 0.6) is 0 Å². The van der Waals surface area contributed by atoms with Crippen LogP contribution >= 0.6 is 0 Å². The maximum atomic E-state index is 11.7. The number of amides is 2. The van der Waals surface area contributed by atoms with Gasteiger partial charge in [0, 0.05) is 25.8 Å². The Balaban J connectivity index is 2.02. The van der Waals surface area contributed by atoms with Crippen molar-refractivity contribution in [2.75, 3.05) is 26.3 Å². The van der Waals surface area contributed by atoms with Crippen molar-refractivity contribution in [1.82, 2.24) is 10.6 Å². The topological polar surface area (TPSA) is 80.6 Å². The van der Waals surface area contributed by atoms with E-state index in [1.807, 2.05) is 0 Å². The normalized spacial score (nSPS) is 12.2. The van der Waals surface area contributed by atoms with Gasteiger partial charge in [-0.3, -0.25) is 9.59 Å². The van der Waals surface area contributed by atoms with Gasteiger partial charge in [-0.2, -0.15) is 0 Å². The minimum atomic E-state index is -0.336. The number of hydrogen-bond donors (Lipinski definition) is 2.